The maximum absolute atomic E-state index is 14.3. The molecule has 2 aromatic rings. The zero-order valence-corrected chi connectivity index (χ0v) is 23.5. The maximum atomic E-state index is 14.3. The second kappa shape index (κ2) is 12.7. The number of carbonyl (C=O) groups is 3. The van der Waals surface area contributed by atoms with Gasteiger partial charge in [-0.05, 0) is 66.0 Å². The summed E-state index contributed by atoms with van der Waals surface area (Å²) in [6.07, 6.45) is 0.206. The minimum absolute atomic E-state index is 0.258. The van der Waals surface area contributed by atoms with Crippen molar-refractivity contribution in [3.8, 4) is 0 Å². The Hall–Kier alpha value is -3.35. The second-order valence-corrected chi connectivity index (χ2v) is 11.4. The average Bonchev–Trinajstić information content (AvgIpc) is 2.80. The lowest BCUT2D eigenvalue weighted by atomic mass is 9.97. The largest absolute Gasteiger partial charge is 0.444 e. The summed E-state index contributed by atoms with van der Waals surface area (Å²) < 4.78 is 5.48. The Morgan fingerprint density at radius 2 is 1.43 bits per heavy atom. The van der Waals surface area contributed by atoms with Crippen LogP contribution in [0.3, 0.4) is 0 Å². The zero-order valence-electron chi connectivity index (χ0n) is 23.5. The van der Waals surface area contributed by atoms with Gasteiger partial charge in [0, 0.05) is 18.0 Å². The SMILES string of the molecule is CCC(C)N(C(=O)C(Cc1ccccc1)NC(=O)OC(C)(C)C)C(C(=O)NC(C)(C)C)c1ccccc1. The second-order valence-electron chi connectivity index (χ2n) is 11.4. The van der Waals surface area contributed by atoms with E-state index in [0.29, 0.717) is 12.0 Å². The van der Waals surface area contributed by atoms with E-state index in [1.165, 1.54) is 0 Å². The first kappa shape index (κ1) is 29.9. The third-order valence-electron chi connectivity index (χ3n) is 5.73. The molecule has 3 unspecified atom stereocenters. The third-order valence-corrected chi connectivity index (χ3v) is 5.73. The quantitative estimate of drug-likeness (QED) is 0.473. The molecule has 0 spiro atoms. The van der Waals surface area contributed by atoms with Gasteiger partial charge in [-0.25, -0.2) is 4.79 Å². The molecule has 0 aliphatic rings. The van der Waals surface area contributed by atoms with Crippen molar-refractivity contribution in [2.75, 3.05) is 0 Å². The van der Waals surface area contributed by atoms with Crippen LogP contribution in [0.4, 0.5) is 4.79 Å². The number of ether oxygens (including phenoxy) is 1. The number of nitrogens with one attached hydrogen (secondary N) is 2. The number of amides is 3. The Labute approximate surface area is 222 Å². The van der Waals surface area contributed by atoms with Gasteiger partial charge in [-0.1, -0.05) is 67.6 Å². The molecule has 3 amide bonds. The number of benzene rings is 2. The van der Waals surface area contributed by atoms with E-state index < -0.39 is 29.3 Å². The number of nitrogens with zero attached hydrogens (tertiary/aromatic N) is 1. The molecule has 0 aliphatic heterocycles. The van der Waals surface area contributed by atoms with Gasteiger partial charge < -0.3 is 20.3 Å². The van der Waals surface area contributed by atoms with Crippen molar-refractivity contribution in [2.24, 2.45) is 0 Å². The lowest BCUT2D eigenvalue weighted by molar-refractivity contribution is -0.145. The fourth-order valence-electron chi connectivity index (χ4n) is 3.99. The lowest BCUT2D eigenvalue weighted by Gasteiger charge is -2.39. The van der Waals surface area contributed by atoms with Gasteiger partial charge in [-0.2, -0.15) is 0 Å². The van der Waals surface area contributed by atoms with Crippen LogP contribution in [-0.4, -0.2) is 46.0 Å². The highest BCUT2D eigenvalue weighted by Crippen LogP contribution is 2.27. The van der Waals surface area contributed by atoms with Crippen molar-refractivity contribution in [3.63, 3.8) is 0 Å². The molecule has 0 fully saturated rings. The zero-order chi connectivity index (χ0) is 27.8. The Bertz CT molecular complexity index is 1030. The van der Waals surface area contributed by atoms with Crippen molar-refractivity contribution in [1.29, 1.82) is 0 Å². The van der Waals surface area contributed by atoms with E-state index in [4.69, 9.17) is 4.74 Å². The molecule has 0 saturated heterocycles. The van der Waals surface area contributed by atoms with Crippen LogP contribution in [0.25, 0.3) is 0 Å². The van der Waals surface area contributed by atoms with Crippen LogP contribution in [0.15, 0.2) is 60.7 Å². The number of alkyl carbamates (subject to hydrolysis) is 1. The molecule has 0 bridgehead atoms. The molecular formula is C30H43N3O4. The third kappa shape index (κ3) is 9.56. The first-order chi connectivity index (χ1) is 17.2. The predicted octanol–water partition coefficient (Wildman–Crippen LogP) is 5.41. The molecule has 2 rings (SSSR count). The predicted molar refractivity (Wildman–Crippen MR) is 147 cm³/mol. The lowest BCUT2D eigenvalue weighted by Crippen LogP contribution is -2.57. The summed E-state index contributed by atoms with van der Waals surface area (Å²) in [5.41, 5.74) is 0.372. The standard InChI is InChI=1S/C30H43N3O4/c1-9-21(2)33(25(23-18-14-11-15-19-23)26(34)32-29(3,4)5)27(35)24(20-22-16-12-10-13-17-22)31-28(36)37-30(6,7)8/h10-19,21,24-25H,9,20H2,1-8H3,(H,31,36)(H,32,34). The van der Waals surface area contributed by atoms with Crippen LogP contribution >= 0.6 is 0 Å². The highest BCUT2D eigenvalue weighted by atomic mass is 16.6. The summed E-state index contributed by atoms with van der Waals surface area (Å²) in [5.74, 6) is -0.620. The minimum Gasteiger partial charge on any atom is -0.444 e. The molecule has 0 aromatic heterocycles. The van der Waals surface area contributed by atoms with Gasteiger partial charge in [0.1, 0.15) is 17.7 Å². The van der Waals surface area contributed by atoms with Crippen LogP contribution in [0.1, 0.15) is 79.0 Å². The number of carbonyl (C=O) groups excluding carboxylic acids is 3. The molecule has 2 aromatic carbocycles. The monoisotopic (exact) mass is 509 g/mol. The fourth-order valence-corrected chi connectivity index (χ4v) is 3.99. The summed E-state index contributed by atoms with van der Waals surface area (Å²) in [6, 6.07) is 16.7. The molecule has 2 N–H and O–H groups in total. The molecule has 0 saturated carbocycles. The molecule has 0 aliphatic carbocycles. The van der Waals surface area contributed by atoms with E-state index in [1.54, 1.807) is 25.7 Å². The van der Waals surface area contributed by atoms with Crippen LogP contribution in [0.5, 0.6) is 0 Å². The first-order valence-electron chi connectivity index (χ1n) is 12.9. The normalized spacial score (nSPS) is 14.2. The molecule has 37 heavy (non-hydrogen) atoms. The molecule has 7 nitrogen and oxygen atoms in total. The Morgan fingerprint density at radius 1 is 0.892 bits per heavy atom. The summed E-state index contributed by atoms with van der Waals surface area (Å²) in [5, 5.41) is 5.84. The van der Waals surface area contributed by atoms with Gasteiger partial charge in [-0.3, -0.25) is 9.59 Å². The van der Waals surface area contributed by atoms with Crippen molar-refractivity contribution >= 4 is 17.9 Å². The van der Waals surface area contributed by atoms with E-state index in [1.807, 2.05) is 95.3 Å². The van der Waals surface area contributed by atoms with Crippen LogP contribution in [-0.2, 0) is 20.7 Å². The highest BCUT2D eigenvalue weighted by molar-refractivity contribution is 5.92. The van der Waals surface area contributed by atoms with E-state index in [2.05, 4.69) is 10.6 Å². The fraction of sp³-hybridized carbons (Fsp3) is 0.500. The highest BCUT2D eigenvalue weighted by Gasteiger charge is 2.39. The van der Waals surface area contributed by atoms with Crippen LogP contribution in [0.2, 0.25) is 0 Å². The maximum Gasteiger partial charge on any atom is 0.408 e. The number of hydrogen-bond donors (Lipinski definition) is 2. The van der Waals surface area contributed by atoms with Crippen LogP contribution < -0.4 is 10.6 Å². The molecule has 7 heteroatoms. The summed E-state index contributed by atoms with van der Waals surface area (Å²) in [6.45, 7) is 14.9. The molecule has 3 atom stereocenters. The topological polar surface area (TPSA) is 87.7 Å². The van der Waals surface area contributed by atoms with E-state index >= 15 is 0 Å². The summed E-state index contributed by atoms with van der Waals surface area (Å²) in [4.78, 5) is 42.4. The number of rotatable bonds is 9. The van der Waals surface area contributed by atoms with E-state index in [9.17, 15) is 14.4 Å². The van der Waals surface area contributed by atoms with Crippen molar-refractivity contribution in [2.45, 2.75) is 97.5 Å². The first-order valence-corrected chi connectivity index (χ1v) is 12.9. The van der Waals surface area contributed by atoms with E-state index in [-0.39, 0.29) is 24.3 Å². The Balaban J connectivity index is 2.56. The van der Waals surface area contributed by atoms with Gasteiger partial charge in [0.15, 0.2) is 0 Å². The van der Waals surface area contributed by atoms with E-state index in [0.717, 1.165) is 5.56 Å². The number of hydrogen-bond acceptors (Lipinski definition) is 4. The smallest absolute Gasteiger partial charge is 0.408 e. The Morgan fingerprint density at radius 3 is 1.92 bits per heavy atom. The van der Waals surface area contributed by atoms with Gasteiger partial charge in [0.25, 0.3) is 0 Å². The molecular weight excluding hydrogens is 466 g/mol. The molecule has 0 heterocycles. The van der Waals surface area contributed by atoms with Gasteiger partial charge >= 0.3 is 6.09 Å². The van der Waals surface area contributed by atoms with Gasteiger partial charge in [0.05, 0.1) is 0 Å². The van der Waals surface area contributed by atoms with Crippen molar-refractivity contribution in [3.05, 3.63) is 71.8 Å². The molecule has 0 radical (unpaired) electrons. The summed E-state index contributed by atoms with van der Waals surface area (Å²) >= 11 is 0. The molecule has 202 valence electrons. The minimum atomic E-state index is -0.931. The summed E-state index contributed by atoms with van der Waals surface area (Å²) in [7, 11) is 0. The van der Waals surface area contributed by atoms with Crippen molar-refractivity contribution < 1.29 is 19.1 Å². The average molecular weight is 510 g/mol. The van der Waals surface area contributed by atoms with Gasteiger partial charge in [0.2, 0.25) is 11.8 Å². The van der Waals surface area contributed by atoms with Gasteiger partial charge in [-0.15, -0.1) is 0 Å². The van der Waals surface area contributed by atoms with Crippen LogP contribution in [0, 0.1) is 0 Å². The Kier molecular flexibility index (Phi) is 10.3. The van der Waals surface area contributed by atoms with Crippen molar-refractivity contribution in [1.82, 2.24) is 15.5 Å².